The lowest BCUT2D eigenvalue weighted by Gasteiger charge is -2.34. The van der Waals surface area contributed by atoms with Crippen LogP contribution in [0, 0.1) is 0 Å². The average molecular weight is 341 g/mol. The van der Waals surface area contributed by atoms with E-state index in [1.165, 1.54) is 0 Å². The lowest BCUT2D eigenvalue weighted by Crippen LogP contribution is -2.47. The fourth-order valence-electron chi connectivity index (χ4n) is 2.98. The molecule has 1 saturated heterocycles. The summed E-state index contributed by atoms with van der Waals surface area (Å²) in [6.07, 6.45) is 1.86. The van der Waals surface area contributed by atoms with Crippen LogP contribution in [0.5, 0.6) is 11.5 Å². The topological polar surface area (TPSA) is 37.8 Å². The zero-order valence-corrected chi connectivity index (χ0v) is 14.9. The Morgan fingerprint density at radius 1 is 0.880 bits per heavy atom. The zero-order valence-electron chi connectivity index (χ0n) is 14.9. The number of aromatic nitrogens is 1. The lowest BCUT2D eigenvalue weighted by molar-refractivity contribution is 0.111. The second-order valence-corrected chi connectivity index (χ2v) is 6.19. The van der Waals surface area contributed by atoms with Crippen molar-refractivity contribution in [2.75, 3.05) is 45.9 Å². The van der Waals surface area contributed by atoms with E-state index in [0.29, 0.717) is 13.2 Å². The molecule has 0 atom stereocenters. The Labute approximate surface area is 150 Å². The van der Waals surface area contributed by atoms with Crippen molar-refractivity contribution in [3.63, 3.8) is 0 Å². The van der Waals surface area contributed by atoms with Crippen LogP contribution in [0.2, 0.25) is 0 Å². The van der Waals surface area contributed by atoms with Crippen molar-refractivity contribution in [1.29, 1.82) is 0 Å². The van der Waals surface area contributed by atoms with Crippen molar-refractivity contribution in [2.45, 2.75) is 13.5 Å². The maximum absolute atomic E-state index is 5.84. The Balaban J connectivity index is 1.34. The number of piperazine rings is 1. The highest BCUT2D eigenvalue weighted by molar-refractivity contribution is 5.31. The van der Waals surface area contributed by atoms with E-state index in [1.54, 1.807) is 0 Å². The van der Waals surface area contributed by atoms with Crippen molar-refractivity contribution in [3.8, 4) is 11.5 Å². The number of benzene rings is 1. The molecule has 0 radical (unpaired) electrons. The standard InChI is InChI=1S/C20H27N3O2/c1-2-24-19-6-8-20(9-7-19)25-16-15-22-11-13-23(14-12-22)17-18-5-3-4-10-21-18/h3-10H,2,11-17H2,1H3. The molecule has 0 bridgehead atoms. The van der Waals surface area contributed by atoms with Crippen LogP contribution in [0.4, 0.5) is 0 Å². The van der Waals surface area contributed by atoms with Crippen molar-refractivity contribution in [1.82, 2.24) is 14.8 Å². The molecule has 134 valence electrons. The molecular formula is C20H27N3O2. The Kier molecular flexibility index (Phi) is 6.65. The van der Waals surface area contributed by atoms with Gasteiger partial charge in [0.25, 0.3) is 0 Å². The van der Waals surface area contributed by atoms with Crippen molar-refractivity contribution in [2.24, 2.45) is 0 Å². The van der Waals surface area contributed by atoms with E-state index in [4.69, 9.17) is 9.47 Å². The minimum Gasteiger partial charge on any atom is -0.494 e. The van der Waals surface area contributed by atoms with Crippen LogP contribution in [0.15, 0.2) is 48.7 Å². The van der Waals surface area contributed by atoms with Gasteiger partial charge in [-0.1, -0.05) is 6.07 Å². The monoisotopic (exact) mass is 341 g/mol. The molecule has 0 aliphatic carbocycles. The summed E-state index contributed by atoms with van der Waals surface area (Å²) in [6, 6.07) is 14.0. The Bertz CT molecular complexity index is 611. The van der Waals surface area contributed by atoms with Gasteiger partial charge >= 0.3 is 0 Å². The van der Waals surface area contributed by atoms with E-state index in [9.17, 15) is 0 Å². The summed E-state index contributed by atoms with van der Waals surface area (Å²) in [5, 5.41) is 0. The number of ether oxygens (including phenoxy) is 2. The lowest BCUT2D eigenvalue weighted by atomic mass is 10.2. The molecule has 0 saturated carbocycles. The van der Waals surface area contributed by atoms with Gasteiger partial charge in [0.15, 0.2) is 0 Å². The molecule has 3 rings (SSSR count). The van der Waals surface area contributed by atoms with Crippen LogP contribution >= 0.6 is 0 Å². The second-order valence-electron chi connectivity index (χ2n) is 6.19. The highest BCUT2D eigenvalue weighted by Crippen LogP contribution is 2.17. The SMILES string of the molecule is CCOc1ccc(OCCN2CCN(Cc3ccccn3)CC2)cc1. The van der Waals surface area contributed by atoms with Crippen molar-refractivity contribution < 1.29 is 9.47 Å². The summed E-state index contributed by atoms with van der Waals surface area (Å²) < 4.78 is 11.3. The van der Waals surface area contributed by atoms with Gasteiger partial charge in [0.2, 0.25) is 0 Å². The highest BCUT2D eigenvalue weighted by Gasteiger charge is 2.17. The molecule has 1 fully saturated rings. The Hall–Kier alpha value is -2.11. The van der Waals surface area contributed by atoms with Crippen LogP contribution in [-0.2, 0) is 6.54 Å². The normalized spacial score (nSPS) is 15.9. The summed E-state index contributed by atoms with van der Waals surface area (Å²) in [4.78, 5) is 9.33. The first kappa shape index (κ1) is 17.7. The van der Waals surface area contributed by atoms with Gasteiger partial charge in [-0.15, -0.1) is 0 Å². The predicted octanol–water partition coefficient (Wildman–Crippen LogP) is 2.68. The molecule has 0 unspecified atom stereocenters. The molecular weight excluding hydrogens is 314 g/mol. The quantitative estimate of drug-likeness (QED) is 0.738. The first-order valence-electron chi connectivity index (χ1n) is 9.04. The average Bonchev–Trinajstić information content (AvgIpc) is 2.66. The van der Waals surface area contributed by atoms with Gasteiger partial charge in [-0.3, -0.25) is 14.8 Å². The summed E-state index contributed by atoms with van der Waals surface area (Å²) >= 11 is 0. The first-order valence-corrected chi connectivity index (χ1v) is 9.04. The summed E-state index contributed by atoms with van der Waals surface area (Å²) in [7, 11) is 0. The molecule has 0 N–H and O–H groups in total. The van der Waals surface area contributed by atoms with Gasteiger partial charge in [0.05, 0.1) is 12.3 Å². The van der Waals surface area contributed by atoms with Crippen LogP contribution in [0.25, 0.3) is 0 Å². The molecule has 5 heteroatoms. The maximum atomic E-state index is 5.84. The third kappa shape index (κ3) is 5.73. The van der Waals surface area contributed by atoms with E-state index in [1.807, 2.05) is 43.5 Å². The Morgan fingerprint density at radius 2 is 1.56 bits per heavy atom. The largest absolute Gasteiger partial charge is 0.494 e. The number of hydrogen-bond donors (Lipinski definition) is 0. The van der Waals surface area contributed by atoms with Gasteiger partial charge < -0.3 is 9.47 Å². The third-order valence-corrected chi connectivity index (χ3v) is 4.39. The number of nitrogens with zero attached hydrogens (tertiary/aromatic N) is 3. The number of hydrogen-bond acceptors (Lipinski definition) is 5. The molecule has 2 heterocycles. The van der Waals surface area contributed by atoms with Crippen LogP contribution in [-0.4, -0.2) is 60.7 Å². The van der Waals surface area contributed by atoms with Crippen LogP contribution < -0.4 is 9.47 Å². The molecule has 1 aliphatic rings. The molecule has 25 heavy (non-hydrogen) atoms. The van der Waals surface area contributed by atoms with E-state index in [2.05, 4.69) is 26.9 Å². The van der Waals surface area contributed by atoms with Crippen LogP contribution in [0.3, 0.4) is 0 Å². The van der Waals surface area contributed by atoms with Gasteiger partial charge in [-0.2, -0.15) is 0 Å². The van der Waals surface area contributed by atoms with Crippen molar-refractivity contribution >= 4 is 0 Å². The van der Waals surface area contributed by atoms with E-state index < -0.39 is 0 Å². The number of pyridine rings is 1. The van der Waals surface area contributed by atoms with Gasteiger partial charge in [-0.25, -0.2) is 0 Å². The van der Waals surface area contributed by atoms with Crippen molar-refractivity contribution in [3.05, 3.63) is 54.4 Å². The van der Waals surface area contributed by atoms with Gasteiger partial charge in [-0.05, 0) is 43.3 Å². The fourth-order valence-corrected chi connectivity index (χ4v) is 2.98. The molecule has 5 nitrogen and oxygen atoms in total. The van der Waals surface area contributed by atoms with Gasteiger partial charge in [0.1, 0.15) is 18.1 Å². The van der Waals surface area contributed by atoms with E-state index >= 15 is 0 Å². The predicted molar refractivity (Wildman–Crippen MR) is 99.1 cm³/mol. The van der Waals surface area contributed by atoms with E-state index in [0.717, 1.165) is 56.5 Å². The van der Waals surface area contributed by atoms with Gasteiger partial charge in [0, 0.05) is 45.5 Å². The maximum Gasteiger partial charge on any atom is 0.119 e. The molecule has 1 aliphatic heterocycles. The van der Waals surface area contributed by atoms with Crippen LogP contribution in [0.1, 0.15) is 12.6 Å². The molecule has 0 spiro atoms. The molecule has 2 aromatic rings. The second kappa shape index (κ2) is 9.39. The summed E-state index contributed by atoms with van der Waals surface area (Å²) in [5.41, 5.74) is 1.15. The minimum atomic E-state index is 0.687. The molecule has 0 amide bonds. The summed E-state index contributed by atoms with van der Waals surface area (Å²) in [5.74, 6) is 1.79. The first-order chi connectivity index (χ1) is 12.3. The summed E-state index contributed by atoms with van der Waals surface area (Å²) in [6.45, 7) is 9.63. The minimum absolute atomic E-state index is 0.687. The van der Waals surface area contributed by atoms with E-state index in [-0.39, 0.29) is 0 Å². The molecule has 1 aromatic carbocycles. The highest BCUT2D eigenvalue weighted by atomic mass is 16.5. The smallest absolute Gasteiger partial charge is 0.119 e. The fraction of sp³-hybridized carbons (Fsp3) is 0.450. The number of rotatable bonds is 8. The molecule has 1 aromatic heterocycles. The Morgan fingerprint density at radius 3 is 2.20 bits per heavy atom. The third-order valence-electron chi connectivity index (χ3n) is 4.39. The zero-order chi connectivity index (χ0) is 17.3.